The molecule has 0 aromatic carbocycles. The van der Waals surface area contributed by atoms with E-state index in [4.69, 9.17) is 0 Å². The SMILES string of the molecule is CC(Cn1cccn1)NCc1cncn1C. The van der Waals surface area contributed by atoms with Gasteiger partial charge in [-0.3, -0.25) is 4.68 Å². The molecule has 1 N–H and O–H groups in total. The Hall–Kier alpha value is -1.62. The van der Waals surface area contributed by atoms with Crippen molar-refractivity contribution in [1.82, 2.24) is 24.6 Å². The van der Waals surface area contributed by atoms with Crippen LogP contribution in [0.4, 0.5) is 0 Å². The van der Waals surface area contributed by atoms with Crippen molar-refractivity contribution >= 4 is 0 Å². The smallest absolute Gasteiger partial charge is 0.0945 e. The molecule has 0 amide bonds. The maximum absolute atomic E-state index is 4.18. The molecule has 2 aromatic heterocycles. The summed E-state index contributed by atoms with van der Waals surface area (Å²) in [5, 5.41) is 7.62. The average Bonchev–Trinajstić information content (AvgIpc) is 2.87. The highest BCUT2D eigenvalue weighted by Gasteiger charge is 2.04. The molecular weight excluding hydrogens is 202 g/mol. The third-order valence-corrected chi connectivity index (χ3v) is 2.57. The highest BCUT2D eigenvalue weighted by molar-refractivity contribution is 4.96. The second kappa shape index (κ2) is 4.94. The van der Waals surface area contributed by atoms with Crippen LogP contribution in [0.5, 0.6) is 0 Å². The van der Waals surface area contributed by atoms with Crippen LogP contribution in [0.2, 0.25) is 0 Å². The predicted molar refractivity (Wildman–Crippen MR) is 61.7 cm³/mol. The fourth-order valence-corrected chi connectivity index (χ4v) is 1.59. The van der Waals surface area contributed by atoms with E-state index in [0.29, 0.717) is 6.04 Å². The lowest BCUT2D eigenvalue weighted by atomic mass is 10.3. The molecule has 86 valence electrons. The van der Waals surface area contributed by atoms with E-state index < -0.39 is 0 Å². The van der Waals surface area contributed by atoms with Gasteiger partial charge in [-0.15, -0.1) is 0 Å². The summed E-state index contributed by atoms with van der Waals surface area (Å²) in [6, 6.07) is 2.32. The Bertz CT molecular complexity index is 417. The molecule has 2 heterocycles. The molecule has 0 aliphatic heterocycles. The molecule has 0 saturated carbocycles. The highest BCUT2D eigenvalue weighted by Crippen LogP contribution is 1.97. The summed E-state index contributed by atoms with van der Waals surface area (Å²) in [7, 11) is 2.00. The lowest BCUT2D eigenvalue weighted by Gasteiger charge is -2.13. The summed E-state index contributed by atoms with van der Waals surface area (Å²) in [5.74, 6) is 0. The number of hydrogen-bond donors (Lipinski definition) is 1. The minimum atomic E-state index is 0.384. The molecule has 0 radical (unpaired) electrons. The predicted octanol–water partition coefficient (Wildman–Crippen LogP) is 0.795. The third kappa shape index (κ3) is 2.70. The first-order valence-corrected chi connectivity index (χ1v) is 5.41. The van der Waals surface area contributed by atoms with Gasteiger partial charge in [0.2, 0.25) is 0 Å². The Labute approximate surface area is 95.1 Å². The fourth-order valence-electron chi connectivity index (χ4n) is 1.59. The van der Waals surface area contributed by atoms with E-state index in [9.17, 15) is 0 Å². The fraction of sp³-hybridized carbons (Fsp3) is 0.455. The number of imidazole rings is 1. The lowest BCUT2D eigenvalue weighted by molar-refractivity contribution is 0.446. The summed E-state index contributed by atoms with van der Waals surface area (Å²) in [6.45, 7) is 3.86. The summed E-state index contributed by atoms with van der Waals surface area (Å²) in [5.41, 5.74) is 1.19. The van der Waals surface area contributed by atoms with Gasteiger partial charge in [-0.25, -0.2) is 4.98 Å². The minimum absolute atomic E-state index is 0.384. The Morgan fingerprint density at radius 3 is 3.00 bits per heavy atom. The van der Waals surface area contributed by atoms with Gasteiger partial charge in [0, 0.05) is 38.2 Å². The number of aromatic nitrogens is 4. The number of nitrogens with one attached hydrogen (secondary N) is 1. The number of hydrogen-bond acceptors (Lipinski definition) is 3. The van der Waals surface area contributed by atoms with Crippen LogP contribution in [0.3, 0.4) is 0 Å². The molecule has 5 heteroatoms. The Morgan fingerprint density at radius 2 is 2.38 bits per heavy atom. The monoisotopic (exact) mass is 219 g/mol. The van der Waals surface area contributed by atoms with Crippen molar-refractivity contribution in [2.45, 2.75) is 26.1 Å². The molecular formula is C11H17N5. The van der Waals surface area contributed by atoms with E-state index in [1.165, 1.54) is 5.69 Å². The number of rotatable bonds is 5. The summed E-state index contributed by atoms with van der Waals surface area (Å²) >= 11 is 0. The molecule has 0 bridgehead atoms. The van der Waals surface area contributed by atoms with Crippen LogP contribution in [-0.4, -0.2) is 25.4 Å². The topological polar surface area (TPSA) is 47.7 Å². The Morgan fingerprint density at radius 1 is 1.50 bits per heavy atom. The van der Waals surface area contributed by atoms with Crippen molar-refractivity contribution < 1.29 is 0 Å². The standard InChI is InChI=1S/C11H17N5/c1-10(8-16-5-3-4-14-16)13-7-11-6-12-9-15(11)2/h3-6,9-10,13H,7-8H2,1-2H3. The molecule has 0 saturated heterocycles. The molecule has 0 fully saturated rings. The van der Waals surface area contributed by atoms with Crippen LogP contribution >= 0.6 is 0 Å². The third-order valence-electron chi connectivity index (χ3n) is 2.57. The molecule has 0 aliphatic rings. The highest BCUT2D eigenvalue weighted by atomic mass is 15.3. The molecule has 1 atom stereocenters. The zero-order valence-electron chi connectivity index (χ0n) is 9.67. The van der Waals surface area contributed by atoms with Crippen molar-refractivity contribution in [1.29, 1.82) is 0 Å². The van der Waals surface area contributed by atoms with Crippen molar-refractivity contribution in [3.05, 3.63) is 36.7 Å². The molecule has 2 aromatic rings. The van der Waals surface area contributed by atoms with Gasteiger partial charge in [0.05, 0.1) is 18.6 Å². The maximum Gasteiger partial charge on any atom is 0.0945 e. The zero-order valence-corrected chi connectivity index (χ0v) is 9.67. The minimum Gasteiger partial charge on any atom is -0.337 e. The summed E-state index contributed by atoms with van der Waals surface area (Å²) in [4.78, 5) is 4.08. The van der Waals surface area contributed by atoms with E-state index in [1.807, 2.05) is 41.1 Å². The molecule has 0 spiro atoms. The van der Waals surface area contributed by atoms with Gasteiger partial charge in [-0.05, 0) is 13.0 Å². The quantitative estimate of drug-likeness (QED) is 0.809. The first-order chi connectivity index (χ1) is 7.75. The number of aryl methyl sites for hydroxylation is 1. The maximum atomic E-state index is 4.18. The van der Waals surface area contributed by atoms with Crippen molar-refractivity contribution in [3.8, 4) is 0 Å². The van der Waals surface area contributed by atoms with Crippen LogP contribution < -0.4 is 5.32 Å². The van der Waals surface area contributed by atoms with Crippen LogP contribution in [0, 0.1) is 0 Å². The van der Waals surface area contributed by atoms with Crippen LogP contribution in [0.1, 0.15) is 12.6 Å². The number of nitrogens with zero attached hydrogens (tertiary/aromatic N) is 4. The second-order valence-electron chi connectivity index (χ2n) is 4.01. The van der Waals surface area contributed by atoms with Crippen molar-refractivity contribution in [3.63, 3.8) is 0 Å². The van der Waals surface area contributed by atoms with Gasteiger partial charge in [0.1, 0.15) is 0 Å². The average molecular weight is 219 g/mol. The molecule has 16 heavy (non-hydrogen) atoms. The summed E-state index contributed by atoms with van der Waals surface area (Å²) < 4.78 is 3.95. The first kappa shape index (κ1) is 10.9. The van der Waals surface area contributed by atoms with Gasteiger partial charge in [0.25, 0.3) is 0 Å². The Kier molecular flexibility index (Phi) is 3.36. The van der Waals surface area contributed by atoms with Crippen LogP contribution in [-0.2, 0) is 20.1 Å². The largest absolute Gasteiger partial charge is 0.337 e. The molecule has 0 aliphatic carbocycles. The van der Waals surface area contributed by atoms with E-state index >= 15 is 0 Å². The zero-order chi connectivity index (χ0) is 11.4. The van der Waals surface area contributed by atoms with E-state index in [1.54, 1.807) is 6.20 Å². The van der Waals surface area contributed by atoms with E-state index in [-0.39, 0.29) is 0 Å². The summed E-state index contributed by atoms with van der Waals surface area (Å²) in [6.07, 6.45) is 7.47. The van der Waals surface area contributed by atoms with E-state index in [2.05, 4.69) is 22.3 Å². The van der Waals surface area contributed by atoms with Crippen molar-refractivity contribution in [2.24, 2.45) is 7.05 Å². The normalized spacial score (nSPS) is 12.9. The lowest BCUT2D eigenvalue weighted by Crippen LogP contribution is -2.30. The van der Waals surface area contributed by atoms with Gasteiger partial charge < -0.3 is 9.88 Å². The van der Waals surface area contributed by atoms with Gasteiger partial charge >= 0.3 is 0 Å². The van der Waals surface area contributed by atoms with Gasteiger partial charge in [-0.1, -0.05) is 0 Å². The van der Waals surface area contributed by atoms with Crippen LogP contribution in [0.15, 0.2) is 31.0 Å². The molecule has 5 nitrogen and oxygen atoms in total. The van der Waals surface area contributed by atoms with Gasteiger partial charge in [0.15, 0.2) is 0 Å². The van der Waals surface area contributed by atoms with Crippen molar-refractivity contribution in [2.75, 3.05) is 0 Å². The molecule has 1 unspecified atom stereocenters. The second-order valence-corrected chi connectivity index (χ2v) is 4.01. The first-order valence-electron chi connectivity index (χ1n) is 5.41. The van der Waals surface area contributed by atoms with Crippen LogP contribution in [0.25, 0.3) is 0 Å². The molecule has 2 rings (SSSR count). The van der Waals surface area contributed by atoms with E-state index in [0.717, 1.165) is 13.1 Å². The van der Waals surface area contributed by atoms with Gasteiger partial charge in [-0.2, -0.15) is 5.10 Å². The Balaban J connectivity index is 1.80.